The first-order valence-corrected chi connectivity index (χ1v) is 6.31. The molecule has 106 valence electrons. The van der Waals surface area contributed by atoms with Crippen LogP contribution >= 0.6 is 0 Å². The van der Waals surface area contributed by atoms with Crippen molar-refractivity contribution < 1.29 is 14.7 Å². The third-order valence-electron chi connectivity index (χ3n) is 2.76. The van der Waals surface area contributed by atoms with Gasteiger partial charge in [0.1, 0.15) is 5.75 Å². The summed E-state index contributed by atoms with van der Waals surface area (Å²) in [6, 6.07) is 5.50. The molecule has 1 aromatic rings. The molecule has 19 heavy (non-hydrogen) atoms. The Balaban J connectivity index is 2.70. The van der Waals surface area contributed by atoms with Gasteiger partial charge in [-0.1, -0.05) is 25.1 Å². The van der Waals surface area contributed by atoms with E-state index in [0.717, 1.165) is 18.6 Å². The van der Waals surface area contributed by atoms with Gasteiger partial charge in [-0.3, -0.25) is 0 Å². The van der Waals surface area contributed by atoms with Gasteiger partial charge in [0.15, 0.2) is 5.84 Å². The smallest absolute Gasteiger partial charge is 0.173 e. The highest BCUT2D eigenvalue weighted by Crippen LogP contribution is 2.20. The molecule has 1 rings (SSSR count). The van der Waals surface area contributed by atoms with Crippen molar-refractivity contribution in [3.8, 4) is 5.75 Å². The lowest BCUT2D eigenvalue weighted by molar-refractivity contribution is 0.110. The zero-order chi connectivity index (χ0) is 14.3. The van der Waals surface area contributed by atoms with Gasteiger partial charge in [-0.25, -0.2) is 0 Å². The Morgan fingerprint density at radius 1 is 1.42 bits per heavy atom. The minimum atomic E-state index is 0.0286. The molecular weight excluding hydrogens is 244 g/mol. The van der Waals surface area contributed by atoms with Crippen molar-refractivity contribution in [3.63, 3.8) is 0 Å². The fourth-order valence-electron chi connectivity index (χ4n) is 1.61. The molecule has 5 heteroatoms. The maximum atomic E-state index is 8.75. The summed E-state index contributed by atoms with van der Waals surface area (Å²) >= 11 is 0. The second-order valence-corrected chi connectivity index (χ2v) is 4.75. The zero-order valence-electron chi connectivity index (χ0n) is 11.7. The van der Waals surface area contributed by atoms with Gasteiger partial charge in [-0.15, -0.1) is 0 Å². The van der Waals surface area contributed by atoms with Gasteiger partial charge in [-0.05, 0) is 30.0 Å². The molecule has 0 amide bonds. The summed E-state index contributed by atoms with van der Waals surface area (Å²) in [6.07, 6.45) is 1.03. The lowest BCUT2D eigenvalue weighted by Crippen LogP contribution is -2.15. The van der Waals surface area contributed by atoms with E-state index in [4.69, 9.17) is 20.4 Å². The predicted octanol–water partition coefficient (Wildman–Crippen LogP) is 2.35. The van der Waals surface area contributed by atoms with Crippen molar-refractivity contribution in [1.82, 2.24) is 0 Å². The van der Waals surface area contributed by atoms with E-state index in [-0.39, 0.29) is 5.84 Å². The van der Waals surface area contributed by atoms with Crippen molar-refractivity contribution in [1.29, 1.82) is 0 Å². The van der Waals surface area contributed by atoms with Crippen molar-refractivity contribution in [2.24, 2.45) is 16.8 Å². The molecule has 0 heterocycles. The first-order chi connectivity index (χ1) is 9.08. The number of hydrogen-bond acceptors (Lipinski definition) is 4. The van der Waals surface area contributed by atoms with E-state index in [9.17, 15) is 0 Å². The standard InChI is InChI=1S/C14H22N2O3/c1-10(2)6-7-19-9-11-4-5-13(18-3)12(8-11)14(15)16-17/h4-5,8,10,17H,6-7,9H2,1-3H3,(H2,15,16). The second kappa shape index (κ2) is 7.63. The number of nitrogens with two attached hydrogens (primary N) is 1. The molecule has 1 aromatic carbocycles. The molecule has 5 nitrogen and oxygen atoms in total. The highest BCUT2D eigenvalue weighted by Gasteiger charge is 2.09. The van der Waals surface area contributed by atoms with Crippen LogP contribution in [-0.2, 0) is 11.3 Å². The van der Waals surface area contributed by atoms with E-state index in [1.165, 1.54) is 0 Å². The van der Waals surface area contributed by atoms with Crippen LogP contribution in [0.3, 0.4) is 0 Å². The normalized spacial score (nSPS) is 11.9. The number of rotatable bonds is 7. The largest absolute Gasteiger partial charge is 0.496 e. The number of amidine groups is 1. The molecule has 0 aliphatic rings. The SMILES string of the molecule is COc1ccc(COCCC(C)C)cc1C(N)=NO. The molecule has 0 saturated heterocycles. The molecule has 0 bridgehead atoms. The minimum Gasteiger partial charge on any atom is -0.496 e. The summed E-state index contributed by atoms with van der Waals surface area (Å²) in [5, 5.41) is 11.8. The minimum absolute atomic E-state index is 0.0286. The summed E-state index contributed by atoms with van der Waals surface area (Å²) < 4.78 is 10.8. The predicted molar refractivity (Wildman–Crippen MR) is 74.6 cm³/mol. The Morgan fingerprint density at radius 2 is 2.16 bits per heavy atom. The maximum Gasteiger partial charge on any atom is 0.173 e. The van der Waals surface area contributed by atoms with Crippen LogP contribution < -0.4 is 10.5 Å². The number of methoxy groups -OCH3 is 1. The van der Waals surface area contributed by atoms with E-state index in [1.807, 2.05) is 12.1 Å². The van der Waals surface area contributed by atoms with E-state index < -0.39 is 0 Å². The lowest BCUT2D eigenvalue weighted by Gasteiger charge is -2.10. The summed E-state index contributed by atoms with van der Waals surface area (Å²) in [5.74, 6) is 1.23. The summed E-state index contributed by atoms with van der Waals surface area (Å²) in [7, 11) is 1.54. The number of ether oxygens (including phenoxy) is 2. The van der Waals surface area contributed by atoms with Gasteiger partial charge >= 0.3 is 0 Å². The van der Waals surface area contributed by atoms with Crippen LogP contribution in [0, 0.1) is 5.92 Å². The van der Waals surface area contributed by atoms with Crippen molar-refractivity contribution >= 4 is 5.84 Å². The molecule has 0 unspecified atom stereocenters. The van der Waals surface area contributed by atoms with Gasteiger partial charge in [0.05, 0.1) is 19.3 Å². The van der Waals surface area contributed by atoms with Crippen molar-refractivity contribution in [3.05, 3.63) is 29.3 Å². The van der Waals surface area contributed by atoms with Crippen molar-refractivity contribution in [2.75, 3.05) is 13.7 Å². The van der Waals surface area contributed by atoms with Crippen LogP contribution in [0.1, 0.15) is 31.4 Å². The summed E-state index contributed by atoms with van der Waals surface area (Å²) in [5.41, 5.74) is 7.14. The van der Waals surface area contributed by atoms with Crippen LogP contribution in [0.4, 0.5) is 0 Å². The Kier molecular flexibility index (Phi) is 6.15. The molecule has 0 fully saturated rings. The molecule has 0 aliphatic carbocycles. The van der Waals surface area contributed by atoms with Crippen LogP contribution in [-0.4, -0.2) is 24.8 Å². The Labute approximate surface area is 114 Å². The molecular formula is C14H22N2O3. The zero-order valence-corrected chi connectivity index (χ0v) is 11.7. The van der Waals surface area contributed by atoms with Crippen LogP contribution in [0.25, 0.3) is 0 Å². The van der Waals surface area contributed by atoms with E-state index in [2.05, 4.69) is 19.0 Å². The molecule has 0 spiro atoms. The maximum absolute atomic E-state index is 8.75. The highest BCUT2D eigenvalue weighted by atomic mass is 16.5. The third-order valence-corrected chi connectivity index (χ3v) is 2.76. The van der Waals surface area contributed by atoms with Crippen LogP contribution in [0.15, 0.2) is 23.4 Å². The fraction of sp³-hybridized carbons (Fsp3) is 0.500. The lowest BCUT2D eigenvalue weighted by atomic mass is 10.1. The molecule has 0 radical (unpaired) electrons. The average Bonchev–Trinajstić information content (AvgIpc) is 2.42. The molecule has 0 atom stereocenters. The molecule has 0 saturated carbocycles. The Hall–Kier alpha value is -1.75. The topological polar surface area (TPSA) is 77.1 Å². The van der Waals surface area contributed by atoms with Crippen molar-refractivity contribution in [2.45, 2.75) is 26.9 Å². The number of oxime groups is 1. The Bertz CT molecular complexity index is 431. The second-order valence-electron chi connectivity index (χ2n) is 4.75. The third kappa shape index (κ3) is 4.79. The number of benzene rings is 1. The molecule has 3 N–H and O–H groups in total. The van der Waals surface area contributed by atoms with Gasteiger partial charge in [-0.2, -0.15) is 0 Å². The molecule has 0 aromatic heterocycles. The van der Waals surface area contributed by atoms with Gasteiger partial charge in [0.2, 0.25) is 0 Å². The van der Waals surface area contributed by atoms with E-state index >= 15 is 0 Å². The van der Waals surface area contributed by atoms with E-state index in [0.29, 0.717) is 23.8 Å². The average molecular weight is 266 g/mol. The fourth-order valence-corrected chi connectivity index (χ4v) is 1.61. The van der Waals surface area contributed by atoms with Crippen LogP contribution in [0.2, 0.25) is 0 Å². The quantitative estimate of drug-likeness (QED) is 0.261. The van der Waals surface area contributed by atoms with Crippen LogP contribution in [0.5, 0.6) is 5.75 Å². The van der Waals surface area contributed by atoms with Gasteiger partial charge in [0, 0.05) is 6.61 Å². The summed E-state index contributed by atoms with van der Waals surface area (Å²) in [6.45, 7) is 5.55. The Morgan fingerprint density at radius 3 is 2.74 bits per heavy atom. The van der Waals surface area contributed by atoms with E-state index in [1.54, 1.807) is 13.2 Å². The monoisotopic (exact) mass is 266 g/mol. The first-order valence-electron chi connectivity index (χ1n) is 6.31. The summed E-state index contributed by atoms with van der Waals surface area (Å²) in [4.78, 5) is 0. The van der Waals surface area contributed by atoms with Gasteiger partial charge in [0.25, 0.3) is 0 Å². The molecule has 0 aliphatic heterocycles. The highest BCUT2D eigenvalue weighted by molar-refractivity contribution is 5.99. The first kappa shape index (κ1) is 15.3. The van der Waals surface area contributed by atoms with Gasteiger partial charge < -0.3 is 20.4 Å². The number of hydrogen-bond donors (Lipinski definition) is 2. The number of nitrogens with zero attached hydrogens (tertiary/aromatic N) is 1.